The van der Waals surface area contributed by atoms with Crippen molar-refractivity contribution in [1.29, 1.82) is 0 Å². The number of rotatable bonds is 4. The summed E-state index contributed by atoms with van der Waals surface area (Å²) in [6, 6.07) is 11.5. The number of piperazine rings is 1. The Balaban J connectivity index is 1.38. The van der Waals surface area contributed by atoms with Gasteiger partial charge < -0.3 is 9.80 Å². The predicted octanol–water partition coefficient (Wildman–Crippen LogP) is 1.85. The van der Waals surface area contributed by atoms with E-state index in [0.717, 1.165) is 5.56 Å². The minimum atomic E-state index is 0.0221. The Morgan fingerprint density at radius 2 is 1.70 bits per heavy atom. The zero-order chi connectivity index (χ0) is 18.6. The second-order valence-electron chi connectivity index (χ2n) is 6.14. The molecule has 3 heterocycles. The van der Waals surface area contributed by atoms with E-state index < -0.39 is 0 Å². The van der Waals surface area contributed by atoms with E-state index in [9.17, 15) is 4.79 Å². The lowest BCUT2D eigenvalue weighted by Crippen LogP contribution is -2.50. The molecule has 1 amide bonds. The number of carbonyl (C=O) groups excluding carboxylic acids is 1. The van der Waals surface area contributed by atoms with Gasteiger partial charge in [-0.25, -0.2) is 19.6 Å². The first-order valence-corrected chi connectivity index (χ1v) is 9.45. The molecule has 3 aromatic rings. The number of halogens is 1. The first kappa shape index (κ1) is 17.6. The van der Waals surface area contributed by atoms with E-state index in [1.54, 1.807) is 23.1 Å². The van der Waals surface area contributed by atoms with Crippen molar-refractivity contribution < 1.29 is 4.79 Å². The highest BCUT2D eigenvalue weighted by atomic mass is 79.9. The number of amides is 1. The van der Waals surface area contributed by atoms with Gasteiger partial charge in [0.05, 0.1) is 0 Å². The molecule has 27 heavy (non-hydrogen) atoms. The topological polar surface area (TPSA) is 80.0 Å². The molecule has 1 aliphatic heterocycles. The average Bonchev–Trinajstić information content (AvgIpc) is 3.10. The van der Waals surface area contributed by atoms with Crippen LogP contribution in [0.5, 0.6) is 0 Å². The summed E-state index contributed by atoms with van der Waals surface area (Å²) in [4.78, 5) is 29.5. The number of hydrogen-bond acceptors (Lipinski definition) is 6. The smallest absolute Gasteiger partial charge is 0.244 e. The SMILES string of the molecule is O=C(Cn1nc(-c2ccccc2)nc1Br)N1CCN(c2ncccn2)CC1. The molecular weight excluding hydrogens is 410 g/mol. The van der Waals surface area contributed by atoms with Crippen molar-refractivity contribution in [2.75, 3.05) is 31.1 Å². The molecule has 0 N–H and O–H groups in total. The Morgan fingerprint density at radius 3 is 2.41 bits per heavy atom. The summed E-state index contributed by atoms with van der Waals surface area (Å²) in [6.07, 6.45) is 3.46. The van der Waals surface area contributed by atoms with Gasteiger partial charge in [0.1, 0.15) is 6.54 Å². The standard InChI is InChI=1S/C18H18BrN7O/c19-17-22-16(14-5-2-1-3-6-14)23-26(17)13-15(27)24-9-11-25(12-10-24)18-20-7-4-8-21-18/h1-8H,9-13H2. The zero-order valence-electron chi connectivity index (χ0n) is 14.6. The molecule has 0 radical (unpaired) electrons. The molecule has 0 aliphatic carbocycles. The molecule has 0 saturated carbocycles. The van der Waals surface area contributed by atoms with Gasteiger partial charge in [0.15, 0.2) is 10.6 Å². The van der Waals surface area contributed by atoms with Gasteiger partial charge in [-0.2, -0.15) is 0 Å². The first-order valence-electron chi connectivity index (χ1n) is 8.66. The number of nitrogens with zero attached hydrogens (tertiary/aromatic N) is 7. The molecule has 8 nitrogen and oxygen atoms in total. The van der Waals surface area contributed by atoms with E-state index in [-0.39, 0.29) is 12.5 Å². The number of aromatic nitrogens is 5. The molecule has 2 aromatic heterocycles. The van der Waals surface area contributed by atoms with Crippen LogP contribution in [0.15, 0.2) is 53.5 Å². The Kier molecular flexibility index (Phi) is 5.10. The van der Waals surface area contributed by atoms with Crippen molar-refractivity contribution in [2.45, 2.75) is 6.54 Å². The summed E-state index contributed by atoms with van der Waals surface area (Å²) < 4.78 is 2.14. The summed E-state index contributed by atoms with van der Waals surface area (Å²) in [5, 5.41) is 4.46. The summed E-state index contributed by atoms with van der Waals surface area (Å²) in [5.41, 5.74) is 0.917. The lowest BCUT2D eigenvalue weighted by molar-refractivity contribution is -0.132. The van der Waals surface area contributed by atoms with E-state index in [4.69, 9.17) is 0 Å². The lowest BCUT2D eigenvalue weighted by atomic mass is 10.2. The maximum Gasteiger partial charge on any atom is 0.244 e. The number of anilines is 1. The van der Waals surface area contributed by atoms with Gasteiger partial charge in [0.25, 0.3) is 0 Å². The normalized spacial score (nSPS) is 14.4. The van der Waals surface area contributed by atoms with Crippen LogP contribution >= 0.6 is 15.9 Å². The highest BCUT2D eigenvalue weighted by Crippen LogP contribution is 2.18. The Morgan fingerprint density at radius 1 is 1.00 bits per heavy atom. The highest BCUT2D eigenvalue weighted by molar-refractivity contribution is 9.10. The molecule has 1 fully saturated rings. The number of carbonyl (C=O) groups is 1. The maximum atomic E-state index is 12.7. The lowest BCUT2D eigenvalue weighted by Gasteiger charge is -2.34. The fraction of sp³-hybridized carbons (Fsp3) is 0.278. The molecule has 9 heteroatoms. The fourth-order valence-corrected chi connectivity index (χ4v) is 3.34. The van der Waals surface area contributed by atoms with Crippen LogP contribution in [-0.4, -0.2) is 61.7 Å². The number of hydrogen-bond donors (Lipinski definition) is 0. The van der Waals surface area contributed by atoms with Crippen LogP contribution in [0.3, 0.4) is 0 Å². The van der Waals surface area contributed by atoms with Gasteiger partial charge in [-0.1, -0.05) is 30.3 Å². The van der Waals surface area contributed by atoms with Crippen LogP contribution in [0.1, 0.15) is 0 Å². The third-order valence-electron chi connectivity index (χ3n) is 4.41. The second-order valence-corrected chi connectivity index (χ2v) is 6.85. The van der Waals surface area contributed by atoms with Crippen molar-refractivity contribution in [3.8, 4) is 11.4 Å². The van der Waals surface area contributed by atoms with Gasteiger partial charge in [-0.05, 0) is 22.0 Å². The minimum Gasteiger partial charge on any atom is -0.338 e. The van der Waals surface area contributed by atoms with Gasteiger partial charge >= 0.3 is 0 Å². The molecule has 4 rings (SSSR count). The largest absolute Gasteiger partial charge is 0.338 e. The minimum absolute atomic E-state index is 0.0221. The van der Waals surface area contributed by atoms with Crippen LogP contribution in [-0.2, 0) is 11.3 Å². The van der Waals surface area contributed by atoms with Crippen molar-refractivity contribution >= 4 is 27.8 Å². The molecule has 0 atom stereocenters. The zero-order valence-corrected chi connectivity index (χ0v) is 16.2. The highest BCUT2D eigenvalue weighted by Gasteiger charge is 2.23. The van der Waals surface area contributed by atoms with E-state index in [0.29, 0.717) is 42.7 Å². The summed E-state index contributed by atoms with van der Waals surface area (Å²) in [6.45, 7) is 2.85. The Bertz CT molecular complexity index is 908. The second kappa shape index (κ2) is 7.83. The third-order valence-corrected chi connectivity index (χ3v) is 5.00. The van der Waals surface area contributed by atoms with Gasteiger partial charge in [0, 0.05) is 44.1 Å². The molecule has 0 unspecified atom stereocenters. The van der Waals surface area contributed by atoms with Crippen molar-refractivity contribution in [3.63, 3.8) is 0 Å². The summed E-state index contributed by atoms with van der Waals surface area (Å²) >= 11 is 3.40. The van der Waals surface area contributed by atoms with E-state index in [1.807, 2.05) is 35.2 Å². The van der Waals surface area contributed by atoms with Gasteiger partial charge in [0.2, 0.25) is 11.9 Å². The van der Waals surface area contributed by atoms with Gasteiger partial charge in [-0.15, -0.1) is 5.10 Å². The average molecular weight is 428 g/mol. The maximum absolute atomic E-state index is 12.7. The van der Waals surface area contributed by atoms with Crippen molar-refractivity contribution in [3.05, 3.63) is 53.5 Å². The molecule has 1 aliphatic rings. The third kappa shape index (κ3) is 3.97. The quantitative estimate of drug-likeness (QED) is 0.631. The number of benzene rings is 1. The summed E-state index contributed by atoms with van der Waals surface area (Å²) in [7, 11) is 0. The van der Waals surface area contributed by atoms with Crippen molar-refractivity contribution in [1.82, 2.24) is 29.6 Å². The van der Waals surface area contributed by atoms with Crippen LogP contribution in [0.2, 0.25) is 0 Å². The van der Waals surface area contributed by atoms with Crippen LogP contribution in [0.4, 0.5) is 5.95 Å². The van der Waals surface area contributed by atoms with Crippen LogP contribution < -0.4 is 4.90 Å². The Hall–Kier alpha value is -2.81. The van der Waals surface area contributed by atoms with Crippen molar-refractivity contribution in [2.24, 2.45) is 0 Å². The van der Waals surface area contributed by atoms with E-state index in [1.165, 1.54) is 0 Å². The summed E-state index contributed by atoms with van der Waals surface area (Å²) in [5.74, 6) is 1.33. The molecule has 0 bridgehead atoms. The van der Waals surface area contributed by atoms with Crippen LogP contribution in [0.25, 0.3) is 11.4 Å². The molecule has 0 spiro atoms. The Labute approximate surface area is 165 Å². The molecular formula is C18H18BrN7O. The molecule has 1 aromatic carbocycles. The van der Waals surface area contributed by atoms with E-state index >= 15 is 0 Å². The molecule has 138 valence electrons. The van der Waals surface area contributed by atoms with Gasteiger partial charge in [-0.3, -0.25) is 4.79 Å². The van der Waals surface area contributed by atoms with Crippen LogP contribution in [0, 0.1) is 0 Å². The van der Waals surface area contributed by atoms with E-state index in [2.05, 4.69) is 40.9 Å². The molecule has 1 saturated heterocycles. The predicted molar refractivity (Wildman–Crippen MR) is 104 cm³/mol. The fourth-order valence-electron chi connectivity index (χ4n) is 2.97. The monoisotopic (exact) mass is 427 g/mol. The first-order chi connectivity index (χ1) is 13.2.